The summed E-state index contributed by atoms with van der Waals surface area (Å²) in [5.74, 6) is -3.85. The molecule has 2 aromatic heterocycles. The molecule has 19 nitrogen and oxygen atoms in total. The number of β-lactam (4-membered cyclic amide) rings is 1. The Morgan fingerprint density at radius 3 is 2.62 bits per heavy atom. The van der Waals surface area contributed by atoms with Crippen molar-refractivity contribution in [2.75, 3.05) is 35.6 Å². The van der Waals surface area contributed by atoms with Crippen molar-refractivity contribution in [3.63, 3.8) is 0 Å². The van der Waals surface area contributed by atoms with Gasteiger partial charge in [0.05, 0.1) is 6.54 Å². The molecule has 0 radical (unpaired) electrons. The fraction of sp³-hybridized carbons (Fsp3) is 0.375. The maximum Gasteiger partial charge on any atom is 0.352 e. The standard InChI is InChI=1S/C24H30N12O7S2/c1-24(2,21(41)42)43-34-13(12-8-45-23(28)32-12)17(37)33-14-18(38)36-15(20(39)40)10(7-44-19(14)36)5-35-6-11(16(25)31-9-35)29-3-4-30-22(26)27/h6,8-9,14,19,25,29H,3-5,7H2,1-2H3,(H9,26,27,28,30,32,33,37,39,40,41,42)/p+1/b34-13-/t14-,19?/m1/s1. The van der Waals surface area contributed by atoms with E-state index in [1.807, 2.05) is 0 Å². The van der Waals surface area contributed by atoms with Crippen molar-refractivity contribution in [3.05, 3.63) is 34.9 Å². The van der Waals surface area contributed by atoms with Gasteiger partial charge in [0.15, 0.2) is 16.8 Å². The quantitative estimate of drug-likeness (QED) is 0.0279. The maximum absolute atomic E-state index is 13.3. The van der Waals surface area contributed by atoms with Crippen molar-refractivity contribution < 1.29 is 38.8 Å². The molecule has 21 heteroatoms. The van der Waals surface area contributed by atoms with Gasteiger partial charge in [-0.05, 0) is 18.8 Å². The Hall–Kier alpha value is -5.18. The number of rotatable bonds is 13. The average Bonchev–Trinajstić information content (AvgIpc) is 3.40. The molecule has 240 valence electrons. The SMILES string of the molecule is CC(C)(O/N=C(\C(=O)N[C@@H]1C(=O)N2C(C(=O)O)=C(C[n+]3cnc(N)c(NCCN=C(N)N)c3)CSC12)c1csc(N)n1)C(=O)O. The number of carboxylic acids is 2. The summed E-state index contributed by atoms with van der Waals surface area (Å²) in [4.78, 5) is 68.6. The summed E-state index contributed by atoms with van der Waals surface area (Å²) in [7, 11) is 0. The van der Waals surface area contributed by atoms with Crippen molar-refractivity contribution in [2.45, 2.75) is 37.4 Å². The van der Waals surface area contributed by atoms with Crippen molar-refractivity contribution in [1.82, 2.24) is 20.2 Å². The Bertz CT molecular complexity index is 1620. The first-order valence-electron chi connectivity index (χ1n) is 13.0. The fourth-order valence-electron chi connectivity index (χ4n) is 4.10. The summed E-state index contributed by atoms with van der Waals surface area (Å²) in [6, 6.07) is -1.11. The molecule has 0 saturated carbocycles. The molecule has 0 bridgehead atoms. The van der Waals surface area contributed by atoms with E-state index in [2.05, 4.69) is 30.7 Å². The number of nitrogen functional groups attached to an aromatic ring is 2. The van der Waals surface area contributed by atoms with Crippen molar-refractivity contribution in [3.8, 4) is 0 Å². The van der Waals surface area contributed by atoms with Gasteiger partial charge in [0.1, 0.15) is 41.2 Å². The molecule has 1 unspecified atom stereocenters. The number of guanidine groups is 1. The lowest BCUT2D eigenvalue weighted by Gasteiger charge is -2.49. The molecule has 0 aromatic carbocycles. The summed E-state index contributed by atoms with van der Waals surface area (Å²) < 4.78 is 1.61. The zero-order chi connectivity index (χ0) is 33.1. The minimum absolute atomic E-state index is 0.00347. The van der Waals surface area contributed by atoms with Crippen LogP contribution in [0, 0.1) is 0 Å². The van der Waals surface area contributed by atoms with Crippen LogP contribution in [0.4, 0.5) is 16.6 Å². The van der Waals surface area contributed by atoms with Crippen LogP contribution in [-0.2, 0) is 30.6 Å². The van der Waals surface area contributed by atoms with Gasteiger partial charge in [-0.3, -0.25) is 19.5 Å². The van der Waals surface area contributed by atoms with Crippen LogP contribution >= 0.6 is 23.1 Å². The monoisotopic (exact) mass is 663 g/mol. The number of thioether (sulfide) groups is 1. The van der Waals surface area contributed by atoms with E-state index < -0.39 is 46.5 Å². The predicted molar refractivity (Wildman–Crippen MR) is 164 cm³/mol. The summed E-state index contributed by atoms with van der Waals surface area (Å²) in [5, 5.41) is 29.5. The summed E-state index contributed by atoms with van der Waals surface area (Å²) in [6.45, 7) is 3.19. The molecular formula is C24H31N12O7S2+. The summed E-state index contributed by atoms with van der Waals surface area (Å²) >= 11 is 2.26. The van der Waals surface area contributed by atoms with Crippen LogP contribution < -0.4 is 38.1 Å². The van der Waals surface area contributed by atoms with Gasteiger partial charge in [-0.25, -0.2) is 19.1 Å². The molecular weight excluding hydrogens is 632 g/mol. The van der Waals surface area contributed by atoms with Gasteiger partial charge in [0.2, 0.25) is 5.60 Å². The lowest BCUT2D eigenvalue weighted by Crippen LogP contribution is -2.71. The van der Waals surface area contributed by atoms with E-state index in [0.717, 1.165) is 16.2 Å². The number of nitrogens with zero attached hydrogens (tertiary/aromatic N) is 6. The van der Waals surface area contributed by atoms with Crippen LogP contribution in [0.2, 0.25) is 0 Å². The molecule has 2 aliphatic heterocycles. The first-order chi connectivity index (χ1) is 21.2. The van der Waals surface area contributed by atoms with Crippen LogP contribution in [0.3, 0.4) is 0 Å². The second-order valence-corrected chi connectivity index (χ2v) is 12.1. The molecule has 4 rings (SSSR count). The highest BCUT2D eigenvalue weighted by molar-refractivity contribution is 8.00. The van der Waals surface area contributed by atoms with Crippen LogP contribution in [-0.4, -0.2) is 96.4 Å². The number of nitrogens with two attached hydrogens (primary N) is 4. The third-order valence-electron chi connectivity index (χ3n) is 6.41. The van der Waals surface area contributed by atoms with E-state index in [1.54, 1.807) is 10.8 Å². The van der Waals surface area contributed by atoms with E-state index in [4.69, 9.17) is 27.8 Å². The normalized spacial score (nSPS) is 18.0. The predicted octanol–water partition coefficient (Wildman–Crippen LogP) is -2.30. The Labute approximate surface area is 263 Å². The number of amides is 2. The molecule has 4 heterocycles. The van der Waals surface area contributed by atoms with E-state index in [0.29, 0.717) is 17.8 Å². The van der Waals surface area contributed by atoms with Gasteiger partial charge in [-0.2, -0.15) is 0 Å². The fourth-order valence-corrected chi connectivity index (χ4v) is 5.99. The van der Waals surface area contributed by atoms with Gasteiger partial charge in [-0.1, -0.05) is 5.16 Å². The number of nitrogens with one attached hydrogen (secondary N) is 2. The minimum atomic E-state index is -1.78. The summed E-state index contributed by atoms with van der Waals surface area (Å²) in [6.07, 6.45) is 3.07. The number of aliphatic imine (C=N–C) groups is 1. The number of carbonyl (C=O) groups is 4. The molecule has 2 amide bonds. The Morgan fingerprint density at radius 2 is 2.00 bits per heavy atom. The molecule has 0 spiro atoms. The third kappa shape index (κ3) is 7.32. The van der Waals surface area contributed by atoms with E-state index in [9.17, 15) is 29.4 Å². The highest BCUT2D eigenvalue weighted by Gasteiger charge is 2.54. The van der Waals surface area contributed by atoms with Crippen LogP contribution in [0.15, 0.2) is 39.3 Å². The van der Waals surface area contributed by atoms with Crippen molar-refractivity contribution in [1.29, 1.82) is 0 Å². The molecule has 12 N–H and O–H groups in total. The minimum Gasteiger partial charge on any atom is -0.478 e. The lowest BCUT2D eigenvalue weighted by molar-refractivity contribution is -0.691. The lowest BCUT2D eigenvalue weighted by atomic mass is 10.0. The number of carbonyl (C=O) groups excluding carboxylic acids is 2. The molecule has 2 aromatic rings. The zero-order valence-electron chi connectivity index (χ0n) is 24.0. The Morgan fingerprint density at radius 1 is 1.27 bits per heavy atom. The van der Waals surface area contributed by atoms with Crippen LogP contribution in [0.1, 0.15) is 19.5 Å². The Kier molecular flexibility index (Phi) is 9.61. The first-order valence-corrected chi connectivity index (χ1v) is 15.0. The smallest absolute Gasteiger partial charge is 0.352 e. The number of carboxylic acid groups (broad SMARTS) is 2. The van der Waals surface area contributed by atoms with Crippen molar-refractivity contribution >= 4 is 75.2 Å². The number of hydrogen-bond acceptors (Lipinski definition) is 14. The van der Waals surface area contributed by atoms with E-state index >= 15 is 0 Å². The molecule has 2 atom stereocenters. The first kappa shape index (κ1) is 32.7. The van der Waals surface area contributed by atoms with Gasteiger partial charge in [0.25, 0.3) is 24.0 Å². The van der Waals surface area contributed by atoms with Crippen molar-refractivity contribution in [2.24, 2.45) is 21.6 Å². The highest BCUT2D eigenvalue weighted by Crippen LogP contribution is 2.40. The number of thiazole rings is 1. The number of oxime groups is 1. The number of fused-ring (bicyclic) bond motifs is 1. The number of aliphatic carboxylic acids is 2. The van der Waals surface area contributed by atoms with Gasteiger partial charge in [-0.15, -0.1) is 23.1 Å². The average molecular weight is 664 g/mol. The molecule has 2 aliphatic rings. The number of aromatic nitrogens is 3. The second-order valence-electron chi connectivity index (χ2n) is 10.1. The molecule has 1 fully saturated rings. The maximum atomic E-state index is 13.3. The van der Waals surface area contributed by atoms with Gasteiger partial charge < -0.3 is 48.6 Å². The zero-order valence-corrected chi connectivity index (χ0v) is 25.6. The van der Waals surface area contributed by atoms with Gasteiger partial charge >= 0.3 is 11.9 Å². The molecule has 0 aliphatic carbocycles. The number of hydrogen-bond donors (Lipinski definition) is 8. The largest absolute Gasteiger partial charge is 0.478 e. The molecule has 1 saturated heterocycles. The Balaban J connectivity index is 1.51. The van der Waals surface area contributed by atoms with Gasteiger partial charge in [0, 0.05) is 23.3 Å². The highest BCUT2D eigenvalue weighted by atomic mass is 32.2. The van der Waals surface area contributed by atoms with E-state index in [1.165, 1.54) is 37.3 Å². The second kappa shape index (κ2) is 13.2. The summed E-state index contributed by atoms with van der Waals surface area (Å²) in [5.41, 5.74) is 20.8. The topological polar surface area (TPSA) is 304 Å². The molecule has 45 heavy (non-hydrogen) atoms. The van der Waals surface area contributed by atoms with Crippen LogP contribution in [0.5, 0.6) is 0 Å². The van der Waals surface area contributed by atoms with Crippen LogP contribution in [0.25, 0.3) is 0 Å². The number of anilines is 3. The van der Waals surface area contributed by atoms with E-state index in [-0.39, 0.29) is 47.1 Å². The third-order valence-corrected chi connectivity index (χ3v) is 8.42.